The molecule has 7 heteroatoms. The van der Waals surface area contributed by atoms with Crippen molar-refractivity contribution in [1.82, 2.24) is 19.9 Å². The predicted octanol–water partition coefficient (Wildman–Crippen LogP) is 4.58. The van der Waals surface area contributed by atoms with Gasteiger partial charge in [-0.05, 0) is 37.0 Å². The zero-order chi connectivity index (χ0) is 17.8. The Hall–Kier alpha value is -2.47. The van der Waals surface area contributed by atoms with Crippen molar-refractivity contribution in [3.05, 3.63) is 41.2 Å². The number of hydrogen-bond acceptors (Lipinski definition) is 6. The largest absolute Gasteiger partial charge is 0.354 e. The number of nitrogens with zero attached hydrogens (tertiary/aromatic N) is 4. The molecular formula is C18H21ClN6. The van der Waals surface area contributed by atoms with Gasteiger partial charge in [0.25, 0.3) is 0 Å². The minimum Gasteiger partial charge on any atom is -0.354 e. The Balaban J connectivity index is 1.92. The van der Waals surface area contributed by atoms with Gasteiger partial charge in [-0.15, -0.1) is 0 Å². The molecule has 0 radical (unpaired) electrons. The van der Waals surface area contributed by atoms with Crippen LogP contribution in [0.25, 0.3) is 11.2 Å². The van der Waals surface area contributed by atoms with E-state index in [0.717, 1.165) is 24.2 Å². The molecule has 0 saturated heterocycles. The van der Waals surface area contributed by atoms with Gasteiger partial charge in [-0.2, -0.15) is 9.97 Å². The van der Waals surface area contributed by atoms with E-state index in [-0.39, 0.29) is 0 Å². The zero-order valence-electron chi connectivity index (χ0n) is 14.5. The van der Waals surface area contributed by atoms with Gasteiger partial charge in [0, 0.05) is 29.6 Å². The number of rotatable bonds is 6. The van der Waals surface area contributed by atoms with Gasteiger partial charge in [-0.1, -0.05) is 31.5 Å². The van der Waals surface area contributed by atoms with E-state index < -0.39 is 0 Å². The van der Waals surface area contributed by atoms with Gasteiger partial charge in [0.05, 0.1) is 0 Å². The molecule has 0 atom stereocenters. The minimum absolute atomic E-state index is 0.536. The molecule has 130 valence electrons. The highest BCUT2D eigenvalue weighted by Gasteiger charge is 2.11. The number of aromatic nitrogens is 4. The summed E-state index contributed by atoms with van der Waals surface area (Å²) in [5.41, 5.74) is 3.03. The summed E-state index contributed by atoms with van der Waals surface area (Å²) < 4.78 is 0. The Morgan fingerprint density at radius 2 is 1.92 bits per heavy atom. The molecule has 0 aliphatic heterocycles. The first kappa shape index (κ1) is 17.4. The third-order valence-corrected chi connectivity index (χ3v) is 4.18. The minimum atomic E-state index is 0.536. The smallest absolute Gasteiger partial charge is 0.226 e. The lowest BCUT2D eigenvalue weighted by molar-refractivity contribution is 0.606. The topological polar surface area (TPSA) is 75.6 Å². The van der Waals surface area contributed by atoms with Crippen molar-refractivity contribution in [2.45, 2.75) is 27.2 Å². The SMILES string of the molecule is Cc1ccc(Nc2nc(NCCC(C)C)nc3nccnc23)cc1Cl. The van der Waals surface area contributed by atoms with E-state index in [1.54, 1.807) is 12.4 Å². The quantitative estimate of drug-likeness (QED) is 0.673. The second-order valence-corrected chi connectivity index (χ2v) is 6.73. The molecule has 2 heterocycles. The van der Waals surface area contributed by atoms with Crippen LogP contribution in [0.5, 0.6) is 0 Å². The third-order valence-electron chi connectivity index (χ3n) is 3.77. The maximum atomic E-state index is 6.21. The number of benzene rings is 1. The number of aryl methyl sites for hydroxylation is 1. The van der Waals surface area contributed by atoms with Gasteiger partial charge < -0.3 is 10.6 Å². The number of nitrogens with one attached hydrogen (secondary N) is 2. The van der Waals surface area contributed by atoms with Crippen molar-refractivity contribution in [3.63, 3.8) is 0 Å². The second-order valence-electron chi connectivity index (χ2n) is 6.32. The van der Waals surface area contributed by atoms with Crippen LogP contribution < -0.4 is 10.6 Å². The van der Waals surface area contributed by atoms with E-state index in [1.165, 1.54) is 0 Å². The summed E-state index contributed by atoms with van der Waals surface area (Å²) in [6, 6.07) is 5.78. The van der Waals surface area contributed by atoms with Crippen molar-refractivity contribution in [1.29, 1.82) is 0 Å². The van der Waals surface area contributed by atoms with E-state index in [1.807, 2.05) is 25.1 Å². The van der Waals surface area contributed by atoms with Crippen LogP contribution in [0.2, 0.25) is 5.02 Å². The summed E-state index contributed by atoms with van der Waals surface area (Å²) in [4.78, 5) is 17.7. The van der Waals surface area contributed by atoms with Gasteiger partial charge in [-0.25, -0.2) is 9.97 Å². The molecule has 3 aromatic rings. The van der Waals surface area contributed by atoms with E-state index >= 15 is 0 Å². The van der Waals surface area contributed by atoms with Crippen molar-refractivity contribution < 1.29 is 0 Å². The van der Waals surface area contributed by atoms with Crippen LogP contribution in [0.15, 0.2) is 30.6 Å². The second kappa shape index (κ2) is 7.61. The molecule has 0 aliphatic carbocycles. The average molecular weight is 357 g/mol. The number of halogens is 1. The highest BCUT2D eigenvalue weighted by Crippen LogP contribution is 2.25. The Labute approximate surface area is 152 Å². The Morgan fingerprint density at radius 1 is 1.12 bits per heavy atom. The van der Waals surface area contributed by atoms with E-state index in [0.29, 0.717) is 33.9 Å². The first-order valence-electron chi connectivity index (χ1n) is 8.28. The Bertz CT molecular complexity index is 881. The van der Waals surface area contributed by atoms with E-state index in [4.69, 9.17) is 11.6 Å². The zero-order valence-corrected chi connectivity index (χ0v) is 15.3. The lowest BCUT2D eigenvalue weighted by atomic mass is 10.1. The fourth-order valence-corrected chi connectivity index (χ4v) is 2.49. The molecule has 0 aliphatic rings. The summed E-state index contributed by atoms with van der Waals surface area (Å²) in [5, 5.41) is 7.23. The number of fused-ring (bicyclic) bond motifs is 1. The Morgan fingerprint density at radius 3 is 2.68 bits per heavy atom. The van der Waals surface area contributed by atoms with Crippen LogP contribution in [-0.4, -0.2) is 26.5 Å². The Kier molecular flexibility index (Phi) is 5.28. The summed E-state index contributed by atoms with van der Waals surface area (Å²) in [5.74, 6) is 1.75. The molecule has 2 aromatic heterocycles. The van der Waals surface area contributed by atoms with E-state index in [2.05, 4.69) is 44.4 Å². The molecule has 3 rings (SSSR count). The highest BCUT2D eigenvalue weighted by molar-refractivity contribution is 6.31. The summed E-state index contributed by atoms with van der Waals surface area (Å²) >= 11 is 6.21. The van der Waals surface area contributed by atoms with Crippen LogP contribution in [0.3, 0.4) is 0 Å². The fourth-order valence-electron chi connectivity index (χ4n) is 2.31. The molecule has 0 amide bonds. The molecule has 1 aromatic carbocycles. The van der Waals surface area contributed by atoms with Crippen LogP contribution in [0.4, 0.5) is 17.5 Å². The first-order valence-corrected chi connectivity index (χ1v) is 8.66. The van der Waals surface area contributed by atoms with Crippen LogP contribution in [0, 0.1) is 12.8 Å². The summed E-state index contributed by atoms with van der Waals surface area (Å²) in [6.07, 6.45) is 4.29. The molecule has 0 unspecified atom stereocenters. The molecular weight excluding hydrogens is 336 g/mol. The van der Waals surface area contributed by atoms with Gasteiger partial charge >= 0.3 is 0 Å². The lowest BCUT2D eigenvalue weighted by Gasteiger charge is -2.12. The standard InChI is InChI=1S/C18H21ClN6/c1-11(2)6-7-22-18-24-16-15(20-8-9-21-16)17(25-18)23-13-5-4-12(3)14(19)10-13/h4-5,8-11H,6-7H2,1-3H3,(H2,21,22,23,24,25). The molecule has 6 nitrogen and oxygen atoms in total. The first-order chi connectivity index (χ1) is 12.0. The van der Waals surface area contributed by atoms with Crippen molar-refractivity contribution in [2.75, 3.05) is 17.2 Å². The van der Waals surface area contributed by atoms with Crippen molar-refractivity contribution >= 4 is 40.2 Å². The van der Waals surface area contributed by atoms with E-state index in [9.17, 15) is 0 Å². The molecule has 2 N–H and O–H groups in total. The molecule has 25 heavy (non-hydrogen) atoms. The van der Waals surface area contributed by atoms with Crippen LogP contribution in [-0.2, 0) is 0 Å². The maximum Gasteiger partial charge on any atom is 0.226 e. The van der Waals surface area contributed by atoms with Crippen molar-refractivity contribution in [2.24, 2.45) is 5.92 Å². The lowest BCUT2D eigenvalue weighted by Crippen LogP contribution is -2.10. The van der Waals surface area contributed by atoms with Gasteiger partial charge in [0.1, 0.15) is 0 Å². The maximum absolute atomic E-state index is 6.21. The number of anilines is 3. The molecule has 0 fully saturated rings. The van der Waals surface area contributed by atoms with Gasteiger partial charge in [-0.3, -0.25) is 0 Å². The summed E-state index contributed by atoms with van der Waals surface area (Å²) in [7, 11) is 0. The number of hydrogen-bond donors (Lipinski definition) is 2. The van der Waals surface area contributed by atoms with Gasteiger partial charge in [0.2, 0.25) is 5.95 Å². The normalized spacial score (nSPS) is 11.1. The van der Waals surface area contributed by atoms with Crippen molar-refractivity contribution in [3.8, 4) is 0 Å². The summed E-state index contributed by atoms with van der Waals surface area (Å²) in [6.45, 7) is 7.14. The van der Waals surface area contributed by atoms with Crippen LogP contribution >= 0.6 is 11.6 Å². The highest BCUT2D eigenvalue weighted by atomic mass is 35.5. The third kappa shape index (κ3) is 4.33. The monoisotopic (exact) mass is 356 g/mol. The molecule has 0 bridgehead atoms. The molecule has 0 spiro atoms. The predicted molar refractivity (Wildman–Crippen MR) is 103 cm³/mol. The van der Waals surface area contributed by atoms with Crippen LogP contribution in [0.1, 0.15) is 25.8 Å². The average Bonchev–Trinajstić information content (AvgIpc) is 2.58. The fraction of sp³-hybridized carbons (Fsp3) is 0.333. The van der Waals surface area contributed by atoms with Gasteiger partial charge in [0.15, 0.2) is 17.0 Å². The molecule has 0 saturated carbocycles.